The summed E-state index contributed by atoms with van der Waals surface area (Å²) in [6.45, 7) is 9.12. The van der Waals surface area contributed by atoms with Crippen LogP contribution in [0.25, 0.3) is 0 Å². The number of aromatic nitrogens is 3. The third-order valence-corrected chi connectivity index (χ3v) is 4.30. The zero-order chi connectivity index (χ0) is 17.1. The number of ether oxygens (including phenoxy) is 2. The van der Waals surface area contributed by atoms with Gasteiger partial charge in [0.1, 0.15) is 17.9 Å². The molecule has 1 aliphatic heterocycles. The van der Waals surface area contributed by atoms with Crippen LogP contribution in [-0.2, 0) is 20.7 Å². The summed E-state index contributed by atoms with van der Waals surface area (Å²) in [5.41, 5.74) is 1.85. The number of carbonyl (C=O) groups is 1. The van der Waals surface area contributed by atoms with Gasteiger partial charge in [0.15, 0.2) is 0 Å². The number of amides is 1. The molecule has 0 aromatic carbocycles. The Morgan fingerprint density at radius 1 is 1.22 bits per heavy atom. The molecule has 0 aliphatic carbocycles. The van der Waals surface area contributed by atoms with Gasteiger partial charge in [-0.2, -0.15) is 0 Å². The lowest BCUT2D eigenvalue weighted by Gasteiger charge is -2.34. The van der Waals surface area contributed by atoms with Gasteiger partial charge in [0.05, 0.1) is 5.69 Å². The summed E-state index contributed by atoms with van der Waals surface area (Å²) in [6, 6.07) is 0.207. The molecule has 2 atom stereocenters. The highest BCUT2D eigenvalue weighted by atomic mass is 16.5. The first kappa shape index (κ1) is 17.9. The van der Waals surface area contributed by atoms with Crippen molar-refractivity contribution in [2.75, 3.05) is 27.3 Å². The number of methoxy groups -OCH3 is 2. The second-order valence-corrected chi connectivity index (χ2v) is 6.58. The van der Waals surface area contributed by atoms with Crippen LogP contribution in [0.2, 0.25) is 0 Å². The Bertz CT molecular complexity index is 541. The van der Waals surface area contributed by atoms with Crippen LogP contribution in [0.5, 0.6) is 0 Å². The van der Waals surface area contributed by atoms with Crippen LogP contribution in [0.4, 0.5) is 0 Å². The van der Waals surface area contributed by atoms with Crippen LogP contribution in [0.15, 0.2) is 0 Å². The molecule has 1 aliphatic rings. The molecule has 0 fully saturated rings. The average Bonchev–Trinajstić information content (AvgIpc) is 2.90. The Balaban J connectivity index is 2.42. The van der Waals surface area contributed by atoms with E-state index in [9.17, 15) is 4.79 Å². The van der Waals surface area contributed by atoms with Crippen molar-refractivity contribution >= 4 is 5.91 Å². The molecule has 130 valence electrons. The number of hydrogen-bond acceptors (Lipinski definition) is 5. The number of fused-ring (bicyclic) bond motifs is 1. The zero-order valence-corrected chi connectivity index (χ0v) is 14.9. The van der Waals surface area contributed by atoms with Gasteiger partial charge < -0.3 is 14.4 Å². The Labute approximate surface area is 137 Å². The molecule has 0 saturated carbocycles. The molecule has 0 radical (unpaired) electrons. The molecule has 7 nitrogen and oxygen atoms in total. The fraction of sp³-hybridized carbons (Fsp3) is 0.812. The first-order valence-electron chi connectivity index (χ1n) is 8.19. The fourth-order valence-electron chi connectivity index (χ4n) is 3.05. The quantitative estimate of drug-likeness (QED) is 0.841. The Kier molecular flexibility index (Phi) is 5.75. The normalized spacial score (nSPS) is 22.2. The van der Waals surface area contributed by atoms with Crippen LogP contribution in [0.1, 0.15) is 51.2 Å². The van der Waals surface area contributed by atoms with Gasteiger partial charge in [-0.1, -0.05) is 19.1 Å². The smallest absolute Gasteiger partial charge is 0.225 e. The minimum Gasteiger partial charge on any atom is -0.376 e. The summed E-state index contributed by atoms with van der Waals surface area (Å²) in [6.07, 6.45) is 0.124. The van der Waals surface area contributed by atoms with Gasteiger partial charge in [-0.25, -0.2) is 4.68 Å². The summed E-state index contributed by atoms with van der Waals surface area (Å²) in [7, 11) is 3.29. The van der Waals surface area contributed by atoms with Crippen molar-refractivity contribution in [2.45, 2.75) is 52.4 Å². The van der Waals surface area contributed by atoms with E-state index < -0.39 is 0 Å². The van der Waals surface area contributed by atoms with Gasteiger partial charge in [-0.05, 0) is 13.8 Å². The third kappa shape index (κ3) is 3.55. The summed E-state index contributed by atoms with van der Waals surface area (Å²) in [5.74, 6) is 0.0921. The Morgan fingerprint density at radius 2 is 1.91 bits per heavy atom. The zero-order valence-electron chi connectivity index (χ0n) is 14.9. The first-order chi connectivity index (χ1) is 10.9. The molecule has 0 N–H and O–H groups in total. The molecule has 1 amide bonds. The van der Waals surface area contributed by atoms with E-state index in [-0.39, 0.29) is 30.1 Å². The van der Waals surface area contributed by atoms with Gasteiger partial charge >= 0.3 is 0 Å². The lowest BCUT2D eigenvalue weighted by atomic mass is 10.0. The van der Waals surface area contributed by atoms with Gasteiger partial charge in [-0.15, -0.1) is 5.10 Å². The molecule has 7 heteroatoms. The van der Waals surface area contributed by atoms with E-state index in [2.05, 4.69) is 24.2 Å². The topological polar surface area (TPSA) is 69.5 Å². The van der Waals surface area contributed by atoms with E-state index in [1.165, 1.54) is 0 Å². The van der Waals surface area contributed by atoms with E-state index in [4.69, 9.17) is 9.47 Å². The molecular formula is C16H28N4O3. The second kappa shape index (κ2) is 7.40. The SMILES string of the molecule is COC1CN(C(=O)C(C)C)CCc2c(nnn2C(C)C)C1OC. The van der Waals surface area contributed by atoms with Crippen molar-refractivity contribution in [2.24, 2.45) is 5.92 Å². The van der Waals surface area contributed by atoms with E-state index >= 15 is 0 Å². The van der Waals surface area contributed by atoms with Crippen LogP contribution in [0, 0.1) is 5.92 Å². The predicted octanol–water partition coefficient (Wildman–Crippen LogP) is 1.60. The van der Waals surface area contributed by atoms with E-state index in [0.29, 0.717) is 13.1 Å². The fourth-order valence-corrected chi connectivity index (χ4v) is 3.05. The number of carbonyl (C=O) groups excluding carboxylic acids is 1. The standard InChI is InChI=1S/C16H28N4O3/c1-10(2)16(21)19-8-7-12-14(17-18-20(12)11(3)4)15(23-6)13(9-19)22-5/h10-11,13,15H,7-9H2,1-6H3. The molecule has 2 unspecified atom stereocenters. The van der Waals surface area contributed by atoms with Crippen molar-refractivity contribution in [3.8, 4) is 0 Å². The van der Waals surface area contributed by atoms with Crippen LogP contribution in [-0.4, -0.2) is 59.2 Å². The average molecular weight is 324 g/mol. The van der Waals surface area contributed by atoms with Crippen molar-refractivity contribution in [3.63, 3.8) is 0 Å². The van der Waals surface area contributed by atoms with Crippen LogP contribution in [0.3, 0.4) is 0 Å². The molecule has 2 rings (SSSR count). The lowest BCUT2D eigenvalue weighted by molar-refractivity contribution is -0.138. The highest BCUT2D eigenvalue weighted by molar-refractivity contribution is 5.78. The minimum atomic E-state index is -0.328. The van der Waals surface area contributed by atoms with Gasteiger partial charge in [0.25, 0.3) is 0 Å². The summed E-state index contributed by atoms with van der Waals surface area (Å²) >= 11 is 0. The van der Waals surface area contributed by atoms with Crippen molar-refractivity contribution in [3.05, 3.63) is 11.4 Å². The summed E-state index contributed by atoms with van der Waals surface area (Å²) in [4.78, 5) is 14.3. The third-order valence-electron chi connectivity index (χ3n) is 4.30. The van der Waals surface area contributed by atoms with Gasteiger partial charge in [0, 0.05) is 45.7 Å². The monoisotopic (exact) mass is 324 g/mol. The number of nitrogens with zero attached hydrogens (tertiary/aromatic N) is 4. The predicted molar refractivity (Wildman–Crippen MR) is 86.1 cm³/mol. The maximum atomic E-state index is 12.5. The Morgan fingerprint density at radius 3 is 2.43 bits per heavy atom. The molecule has 1 aromatic heterocycles. The highest BCUT2D eigenvalue weighted by Crippen LogP contribution is 2.29. The molecule has 23 heavy (non-hydrogen) atoms. The molecule has 0 spiro atoms. The van der Waals surface area contributed by atoms with Gasteiger partial charge in [-0.3, -0.25) is 4.79 Å². The van der Waals surface area contributed by atoms with Crippen molar-refractivity contribution < 1.29 is 14.3 Å². The van der Waals surface area contributed by atoms with E-state index in [1.54, 1.807) is 14.2 Å². The van der Waals surface area contributed by atoms with Crippen LogP contribution < -0.4 is 0 Å². The number of rotatable bonds is 4. The summed E-state index contributed by atoms with van der Waals surface area (Å²) in [5, 5.41) is 8.62. The number of hydrogen-bond donors (Lipinski definition) is 0. The molecule has 1 aromatic rings. The van der Waals surface area contributed by atoms with Gasteiger partial charge in [0.2, 0.25) is 5.91 Å². The molecule has 0 bridgehead atoms. The maximum absolute atomic E-state index is 12.5. The molecule has 2 heterocycles. The Hall–Kier alpha value is -1.47. The maximum Gasteiger partial charge on any atom is 0.225 e. The first-order valence-corrected chi connectivity index (χ1v) is 8.19. The molecular weight excluding hydrogens is 296 g/mol. The van der Waals surface area contributed by atoms with Crippen molar-refractivity contribution in [1.29, 1.82) is 0 Å². The van der Waals surface area contributed by atoms with Crippen LogP contribution >= 0.6 is 0 Å². The molecule has 0 saturated heterocycles. The largest absolute Gasteiger partial charge is 0.376 e. The minimum absolute atomic E-state index is 0.0412. The highest BCUT2D eigenvalue weighted by Gasteiger charge is 2.35. The van der Waals surface area contributed by atoms with E-state index in [0.717, 1.165) is 17.8 Å². The van der Waals surface area contributed by atoms with Crippen molar-refractivity contribution in [1.82, 2.24) is 19.9 Å². The lowest BCUT2D eigenvalue weighted by Crippen LogP contribution is -2.45. The second-order valence-electron chi connectivity index (χ2n) is 6.58. The summed E-state index contributed by atoms with van der Waals surface area (Å²) < 4.78 is 13.2. The van der Waals surface area contributed by atoms with E-state index in [1.807, 2.05) is 23.4 Å².